The Labute approximate surface area is 116 Å². The van der Waals surface area contributed by atoms with E-state index in [2.05, 4.69) is 5.32 Å². The van der Waals surface area contributed by atoms with Crippen LogP contribution < -0.4 is 5.32 Å². The van der Waals surface area contributed by atoms with E-state index >= 15 is 0 Å². The van der Waals surface area contributed by atoms with Crippen molar-refractivity contribution in [3.8, 4) is 0 Å². The van der Waals surface area contributed by atoms with Crippen molar-refractivity contribution in [2.75, 3.05) is 25.5 Å². The third kappa shape index (κ3) is 5.08. The summed E-state index contributed by atoms with van der Waals surface area (Å²) in [5.41, 5.74) is 1.19. The molecule has 112 valence electrons. The maximum absolute atomic E-state index is 12.3. The molecule has 0 heterocycles. The highest BCUT2D eigenvalue weighted by atomic mass is 19.3. The molecule has 0 amide bonds. The Morgan fingerprint density at radius 1 is 1.45 bits per heavy atom. The van der Waals surface area contributed by atoms with E-state index in [1.807, 2.05) is 6.92 Å². The molecule has 0 saturated heterocycles. The first-order valence-electron chi connectivity index (χ1n) is 6.42. The molecule has 5 nitrogen and oxygen atoms in total. The van der Waals surface area contributed by atoms with E-state index in [-0.39, 0.29) is 12.2 Å². The van der Waals surface area contributed by atoms with Gasteiger partial charge in [-0.3, -0.25) is 15.0 Å². The van der Waals surface area contributed by atoms with E-state index in [1.54, 1.807) is 19.2 Å². The number of rotatable bonds is 8. The molecule has 0 radical (unpaired) electrons. The molecule has 7 heteroatoms. The number of nitrogens with zero attached hydrogens (tertiary/aromatic N) is 2. The highest BCUT2D eigenvalue weighted by molar-refractivity contribution is 5.62. The van der Waals surface area contributed by atoms with Crippen LogP contribution in [0.15, 0.2) is 18.2 Å². The predicted octanol–water partition coefficient (Wildman–Crippen LogP) is 3.11. The molecule has 0 saturated carbocycles. The van der Waals surface area contributed by atoms with Gasteiger partial charge in [0.25, 0.3) is 12.1 Å². The molecule has 0 aliphatic heterocycles. The van der Waals surface area contributed by atoms with Gasteiger partial charge in [0.2, 0.25) is 0 Å². The summed E-state index contributed by atoms with van der Waals surface area (Å²) < 4.78 is 24.5. The van der Waals surface area contributed by atoms with Crippen LogP contribution in [0.5, 0.6) is 0 Å². The summed E-state index contributed by atoms with van der Waals surface area (Å²) >= 11 is 0. The van der Waals surface area contributed by atoms with Gasteiger partial charge in [0.15, 0.2) is 0 Å². The zero-order valence-electron chi connectivity index (χ0n) is 11.6. The Kier molecular flexibility index (Phi) is 6.30. The van der Waals surface area contributed by atoms with Gasteiger partial charge >= 0.3 is 0 Å². The van der Waals surface area contributed by atoms with Crippen molar-refractivity contribution < 1.29 is 13.7 Å². The third-order valence-corrected chi connectivity index (χ3v) is 2.73. The number of benzene rings is 1. The fourth-order valence-electron chi connectivity index (χ4n) is 1.85. The summed E-state index contributed by atoms with van der Waals surface area (Å²) in [6.45, 7) is 2.58. The number of hydrogen-bond donors (Lipinski definition) is 1. The number of halogens is 2. The molecule has 1 aromatic rings. The van der Waals surface area contributed by atoms with E-state index in [4.69, 9.17) is 0 Å². The Morgan fingerprint density at radius 3 is 2.70 bits per heavy atom. The lowest BCUT2D eigenvalue weighted by atomic mass is 10.1. The number of alkyl halides is 2. The van der Waals surface area contributed by atoms with E-state index in [0.717, 1.165) is 12.0 Å². The summed E-state index contributed by atoms with van der Waals surface area (Å²) in [6, 6.07) is 4.65. The average molecular weight is 287 g/mol. The standard InChI is InChI=1S/C13H19F2N3O2/c1-3-6-16-11-7-10(4-5-12(11)18(19)20)8-17(2)9-13(14)15/h4-5,7,13,16H,3,6,8-9H2,1-2H3. The molecule has 0 aromatic heterocycles. The molecule has 1 aromatic carbocycles. The van der Waals surface area contributed by atoms with Crippen LogP contribution in [0, 0.1) is 10.1 Å². The van der Waals surface area contributed by atoms with Crippen molar-refractivity contribution in [3.63, 3.8) is 0 Å². The normalized spacial score (nSPS) is 11.1. The minimum atomic E-state index is -2.39. The van der Waals surface area contributed by atoms with Gasteiger partial charge in [0, 0.05) is 19.2 Å². The average Bonchev–Trinajstić information content (AvgIpc) is 2.35. The molecular formula is C13H19F2N3O2. The fraction of sp³-hybridized carbons (Fsp3) is 0.538. The summed E-state index contributed by atoms with van der Waals surface area (Å²) in [5.74, 6) is 0. The first-order chi connectivity index (χ1) is 9.43. The van der Waals surface area contributed by atoms with Gasteiger partial charge in [-0.1, -0.05) is 13.0 Å². The largest absolute Gasteiger partial charge is 0.379 e. The Hall–Kier alpha value is -1.76. The van der Waals surface area contributed by atoms with Gasteiger partial charge in [0.05, 0.1) is 11.5 Å². The molecule has 0 aliphatic rings. The molecule has 0 spiro atoms. The highest BCUT2D eigenvalue weighted by Crippen LogP contribution is 2.26. The summed E-state index contributed by atoms with van der Waals surface area (Å²) in [7, 11) is 1.59. The Bertz CT molecular complexity index is 455. The molecule has 0 fully saturated rings. The SMILES string of the molecule is CCCNc1cc(CN(C)CC(F)F)ccc1[N+](=O)[O-]. The lowest BCUT2D eigenvalue weighted by Gasteiger charge is -2.16. The molecule has 0 unspecified atom stereocenters. The minimum absolute atomic E-state index is 0.00119. The first kappa shape index (κ1) is 16.3. The zero-order valence-corrected chi connectivity index (χ0v) is 11.6. The van der Waals surface area contributed by atoms with Crippen LogP contribution in [0.2, 0.25) is 0 Å². The van der Waals surface area contributed by atoms with Crippen molar-refractivity contribution in [2.45, 2.75) is 26.3 Å². The van der Waals surface area contributed by atoms with Crippen LogP contribution in [-0.2, 0) is 6.54 Å². The van der Waals surface area contributed by atoms with Gasteiger partial charge in [-0.2, -0.15) is 0 Å². The molecule has 20 heavy (non-hydrogen) atoms. The minimum Gasteiger partial charge on any atom is -0.379 e. The summed E-state index contributed by atoms with van der Waals surface area (Å²) in [5, 5.41) is 13.9. The number of anilines is 1. The number of nitrogens with one attached hydrogen (secondary N) is 1. The lowest BCUT2D eigenvalue weighted by Crippen LogP contribution is -2.24. The van der Waals surface area contributed by atoms with Crippen LogP contribution in [0.4, 0.5) is 20.2 Å². The first-order valence-corrected chi connectivity index (χ1v) is 6.42. The number of nitro groups is 1. The topological polar surface area (TPSA) is 58.4 Å². The van der Waals surface area contributed by atoms with Crippen molar-refractivity contribution in [1.29, 1.82) is 0 Å². The number of nitro benzene ring substituents is 1. The molecule has 0 atom stereocenters. The lowest BCUT2D eigenvalue weighted by molar-refractivity contribution is -0.384. The van der Waals surface area contributed by atoms with Crippen molar-refractivity contribution in [3.05, 3.63) is 33.9 Å². The van der Waals surface area contributed by atoms with E-state index in [0.29, 0.717) is 18.8 Å². The van der Waals surface area contributed by atoms with Gasteiger partial charge in [-0.15, -0.1) is 0 Å². The highest BCUT2D eigenvalue weighted by Gasteiger charge is 2.15. The van der Waals surface area contributed by atoms with Gasteiger partial charge in [-0.25, -0.2) is 8.78 Å². The molecule has 1 N–H and O–H groups in total. The van der Waals surface area contributed by atoms with Gasteiger partial charge in [-0.05, 0) is 25.1 Å². The van der Waals surface area contributed by atoms with Crippen LogP contribution >= 0.6 is 0 Å². The van der Waals surface area contributed by atoms with Crippen LogP contribution in [-0.4, -0.2) is 36.4 Å². The van der Waals surface area contributed by atoms with Gasteiger partial charge in [0.1, 0.15) is 5.69 Å². The summed E-state index contributed by atoms with van der Waals surface area (Å²) in [4.78, 5) is 11.9. The van der Waals surface area contributed by atoms with Crippen molar-refractivity contribution in [1.82, 2.24) is 4.90 Å². The Morgan fingerprint density at radius 2 is 2.15 bits per heavy atom. The van der Waals surface area contributed by atoms with Gasteiger partial charge < -0.3 is 5.32 Å². The zero-order chi connectivity index (χ0) is 15.1. The third-order valence-electron chi connectivity index (χ3n) is 2.73. The van der Waals surface area contributed by atoms with Crippen LogP contribution in [0.25, 0.3) is 0 Å². The van der Waals surface area contributed by atoms with E-state index in [1.165, 1.54) is 11.0 Å². The fourth-order valence-corrected chi connectivity index (χ4v) is 1.85. The second kappa shape index (κ2) is 7.74. The summed E-state index contributed by atoms with van der Waals surface area (Å²) in [6.07, 6.45) is -1.55. The van der Waals surface area contributed by atoms with Crippen molar-refractivity contribution in [2.24, 2.45) is 0 Å². The maximum atomic E-state index is 12.3. The van der Waals surface area contributed by atoms with Crippen molar-refractivity contribution >= 4 is 11.4 Å². The quantitative estimate of drug-likeness (QED) is 0.589. The van der Waals surface area contributed by atoms with E-state index < -0.39 is 11.3 Å². The van der Waals surface area contributed by atoms with Crippen LogP contribution in [0.3, 0.4) is 0 Å². The molecule has 0 aliphatic carbocycles. The maximum Gasteiger partial charge on any atom is 0.292 e. The molecule has 0 bridgehead atoms. The Balaban J connectivity index is 2.85. The molecule has 1 rings (SSSR count). The monoisotopic (exact) mass is 287 g/mol. The predicted molar refractivity (Wildman–Crippen MR) is 74.2 cm³/mol. The second-order valence-electron chi connectivity index (χ2n) is 4.62. The molecular weight excluding hydrogens is 268 g/mol. The second-order valence-corrected chi connectivity index (χ2v) is 4.62. The number of hydrogen-bond acceptors (Lipinski definition) is 4. The smallest absolute Gasteiger partial charge is 0.292 e. The van der Waals surface area contributed by atoms with Crippen LogP contribution in [0.1, 0.15) is 18.9 Å². The van der Waals surface area contributed by atoms with E-state index in [9.17, 15) is 18.9 Å².